The van der Waals surface area contributed by atoms with Crippen LogP contribution in [-0.2, 0) is 0 Å². The zero-order valence-corrected chi connectivity index (χ0v) is 6.72. The average Bonchev–Trinajstić information content (AvgIpc) is 1.64. The Balaban J connectivity index is 4.03. The number of hydrogen-bond acceptors (Lipinski definition) is 1. The van der Waals surface area contributed by atoms with Crippen LogP contribution in [0.5, 0.6) is 0 Å². The van der Waals surface area contributed by atoms with Crippen LogP contribution in [0.15, 0.2) is 11.9 Å². The molecule has 0 saturated carbocycles. The van der Waals surface area contributed by atoms with Crippen molar-refractivity contribution in [3.8, 4) is 0 Å². The molecule has 0 heterocycles. The Morgan fingerprint density at radius 1 is 1.67 bits per heavy atom. The van der Waals surface area contributed by atoms with Crippen LogP contribution in [0.25, 0.3) is 0 Å². The summed E-state index contributed by atoms with van der Waals surface area (Å²) in [5.41, 5.74) is 0. The van der Waals surface area contributed by atoms with Crippen LogP contribution in [0.4, 0.5) is 13.2 Å². The number of halogens is 4. The third-order valence-corrected chi connectivity index (χ3v) is 1.10. The van der Waals surface area contributed by atoms with Crippen LogP contribution < -0.4 is 0 Å². The lowest BCUT2D eigenvalue weighted by atomic mass is 10.5. The minimum absolute atomic E-state index is 0.0347. The van der Waals surface area contributed by atoms with E-state index in [1.165, 1.54) is 0 Å². The van der Waals surface area contributed by atoms with Gasteiger partial charge in [-0.25, -0.2) is 4.39 Å². The first kappa shape index (κ1) is 9.36. The van der Waals surface area contributed by atoms with Crippen molar-refractivity contribution in [2.24, 2.45) is 0 Å². The number of allylic oxidation sites excluding steroid dienone is 1. The summed E-state index contributed by atoms with van der Waals surface area (Å²) in [6.07, 6.45) is 0.692. The SMILES string of the molecule is FC(=CCS)C(F)(F)Br. The van der Waals surface area contributed by atoms with E-state index in [9.17, 15) is 13.2 Å². The van der Waals surface area contributed by atoms with Gasteiger partial charge in [0.2, 0.25) is 0 Å². The maximum absolute atomic E-state index is 11.9. The fourth-order valence-electron chi connectivity index (χ4n) is 0.196. The molecule has 54 valence electrons. The largest absolute Gasteiger partial charge is 0.351 e. The van der Waals surface area contributed by atoms with Crippen molar-refractivity contribution in [1.82, 2.24) is 0 Å². The summed E-state index contributed by atoms with van der Waals surface area (Å²) in [6.45, 7) is 0. The summed E-state index contributed by atoms with van der Waals surface area (Å²) >= 11 is 5.36. The van der Waals surface area contributed by atoms with Gasteiger partial charge in [0.25, 0.3) is 0 Å². The molecule has 0 N–H and O–H groups in total. The van der Waals surface area contributed by atoms with E-state index in [4.69, 9.17) is 0 Å². The highest BCUT2D eigenvalue weighted by Crippen LogP contribution is 2.31. The van der Waals surface area contributed by atoms with Crippen molar-refractivity contribution < 1.29 is 13.2 Å². The van der Waals surface area contributed by atoms with Gasteiger partial charge in [0.15, 0.2) is 5.83 Å². The normalized spacial score (nSPS) is 14.1. The van der Waals surface area contributed by atoms with Gasteiger partial charge in [0.1, 0.15) is 0 Å². The number of hydrogen-bond donors (Lipinski definition) is 1. The van der Waals surface area contributed by atoms with Crippen molar-refractivity contribution >= 4 is 28.6 Å². The molecule has 0 aliphatic heterocycles. The average molecular weight is 221 g/mol. The van der Waals surface area contributed by atoms with E-state index in [2.05, 4.69) is 12.6 Å². The molecule has 0 amide bonds. The molecule has 0 atom stereocenters. The molecule has 0 rings (SSSR count). The summed E-state index contributed by atoms with van der Waals surface area (Å²) in [6, 6.07) is 0. The third-order valence-electron chi connectivity index (χ3n) is 0.541. The summed E-state index contributed by atoms with van der Waals surface area (Å²) in [7, 11) is 0. The fraction of sp³-hybridized carbons (Fsp3) is 0.500. The lowest BCUT2D eigenvalue weighted by molar-refractivity contribution is 0.127. The fourth-order valence-corrected chi connectivity index (χ4v) is 0.518. The molecular weight excluding hydrogens is 217 g/mol. The summed E-state index contributed by atoms with van der Waals surface area (Å²) in [5.74, 6) is -1.54. The molecule has 0 aromatic carbocycles. The maximum Gasteiger partial charge on any atom is 0.351 e. The van der Waals surface area contributed by atoms with Crippen molar-refractivity contribution in [1.29, 1.82) is 0 Å². The molecule has 0 aromatic rings. The van der Waals surface area contributed by atoms with E-state index in [1.54, 1.807) is 0 Å². The van der Waals surface area contributed by atoms with Gasteiger partial charge in [-0.2, -0.15) is 21.4 Å². The first-order valence-corrected chi connectivity index (χ1v) is 3.44. The molecule has 0 bridgehead atoms. The van der Waals surface area contributed by atoms with Gasteiger partial charge >= 0.3 is 4.83 Å². The Morgan fingerprint density at radius 2 is 2.11 bits per heavy atom. The van der Waals surface area contributed by atoms with Crippen molar-refractivity contribution in [3.63, 3.8) is 0 Å². The number of alkyl halides is 3. The van der Waals surface area contributed by atoms with Gasteiger partial charge in [0.05, 0.1) is 0 Å². The zero-order valence-electron chi connectivity index (χ0n) is 4.24. The molecule has 0 unspecified atom stereocenters. The molecular formula is C4H4BrF3S. The highest BCUT2D eigenvalue weighted by Gasteiger charge is 2.29. The molecule has 0 spiro atoms. The van der Waals surface area contributed by atoms with E-state index >= 15 is 0 Å². The molecule has 0 aliphatic carbocycles. The van der Waals surface area contributed by atoms with E-state index in [0.717, 1.165) is 0 Å². The van der Waals surface area contributed by atoms with Crippen LogP contribution in [0, 0.1) is 0 Å². The van der Waals surface area contributed by atoms with E-state index in [0.29, 0.717) is 6.08 Å². The van der Waals surface area contributed by atoms with Gasteiger partial charge in [-0.05, 0) is 22.0 Å². The smallest absolute Gasteiger partial charge is 0.204 e. The molecule has 0 radical (unpaired) electrons. The van der Waals surface area contributed by atoms with Crippen LogP contribution in [0.2, 0.25) is 0 Å². The first-order valence-electron chi connectivity index (χ1n) is 2.02. The quantitative estimate of drug-likeness (QED) is 0.537. The van der Waals surface area contributed by atoms with Crippen molar-refractivity contribution in [2.45, 2.75) is 4.83 Å². The van der Waals surface area contributed by atoms with Gasteiger partial charge in [-0.3, -0.25) is 0 Å². The van der Waals surface area contributed by atoms with Crippen LogP contribution in [0.1, 0.15) is 0 Å². The first-order chi connectivity index (χ1) is 3.98. The monoisotopic (exact) mass is 220 g/mol. The second-order valence-electron chi connectivity index (χ2n) is 1.23. The Hall–Kier alpha value is 0.360. The van der Waals surface area contributed by atoms with Crippen LogP contribution in [-0.4, -0.2) is 10.6 Å². The maximum atomic E-state index is 11.9. The minimum Gasteiger partial charge on any atom is -0.204 e. The molecule has 0 aromatic heterocycles. The predicted molar refractivity (Wildman–Crippen MR) is 36.9 cm³/mol. The van der Waals surface area contributed by atoms with Gasteiger partial charge < -0.3 is 0 Å². The minimum atomic E-state index is -3.53. The topological polar surface area (TPSA) is 0 Å². The summed E-state index contributed by atoms with van der Waals surface area (Å²) < 4.78 is 35.4. The number of thiol groups is 1. The van der Waals surface area contributed by atoms with E-state index in [1.807, 2.05) is 15.9 Å². The van der Waals surface area contributed by atoms with Crippen LogP contribution in [0.3, 0.4) is 0 Å². The Labute approximate surface area is 64.7 Å². The molecule has 0 aliphatic rings. The van der Waals surface area contributed by atoms with Gasteiger partial charge in [-0.15, -0.1) is 0 Å². The lowest BCUT2D eigenvalue weighted by Gasteiger charge is -2.02. The second kappa shape index (κ2) is 3.51. The second-order valence-corrected chi connectivity index (χ2v) is 2.59. The summed E-state index contributed by atoms with van der Waals surface area (Å²) in [5, 5.41) is 0. The molecule has 0 nitrogen and oxygen atoms in total. The van der Waals surface area contributed by atoms with Gasteiger partial charge in [0, 0.05) is 5.75 Å². The summed E-state index contributed by atoms with van der Waals surface area (Å²) in [4.78, 5) is -3.53. The molecule has 0 saturated heterocycles. The molecule has 5 heteroatoms. The Morgan fingerprint density at radius 3 is 2.22 bits per heavy atom. The highest BCUT2D eigenvalue weighted by molar-refractivity contribution is 9.10. The Kier molecular flexibility index (Phi) is 3.65. The van der Waals surface area contributed by atoms with E-state index < -0.39 is 10.7 Å². The zero-order chi connectivity index (χ0) is 7.49. The molecule has 0 fully saturated rings. The highest BCUT2D eigenvalue weighted by atomic mass is 79.9. The standard InChI is InChI=1S/C4H4BrF3S/c5-4(7,8)3(6)1-2-9/h1,9H,2H2. The lowest BCUT2D eigenvalue weighted by Crippen LogP contribution is -2.04. The Bertz CT molecular complexity index is 117. The van der Waals surface area contributed by atoms with E-state index in [-0.39, 0.29) is 5.75 Å². The van der Waals surface area contributed by atoms with Crippen molar-refractivity contribution in [3.05, 3.63) is 11.9 Å². The predicted octanol–water partition coefficient (Wildman–Crippen LogP) is 2.76. The van der Waals surface area contributed by atoms with Crippen LogP contribution >= 0.6 is 28.6 Å². The third kappa shape index (κ3) is 3.86. The molecule has 9 heavy (non-hydrogen) atoms. The van der Waals surface area contributed by atoms with Gasteiger partial charge in [-0.1, -0.05) is 0 Å². The van der Waals surface area contributed by atoms with Crippen molar-refractivity contribution in [2.75, 3.05) is 5.75 Å². The number of rotatable bonds is 2.